The molecule has 1 aliphatic rings. The maximum atomic E-state index is 13.8. The van der Waals surface area contributed by atoms with E-state index in [-0.39, 0.29) is 11.6 Å². The number of nitrogens with one attached hydrogen (secondary N) is 2. The Morgan fingerprint density at radius 3 is 2.62 bits per heavy atom. The zero-order valence-corrected chi connectivity index (χ0v) is 12.8. The Labute approximate surface area is 124 Å². The van der Waals surface area contributed by atoms with Crippen LogP contribution in [0.25, 0.3) is 0 Å². The van der Waals surface area contributed by atoms with E-state index in [2.05, 4.69) is 27.6 Å². The normalized spacial score (nSPS) is 19.5. The molecule has 1 aromatic rings. The van der Waals surface area contributed by atoms with Crippen molar-refractivity contribution in [2.45, 2.75) is 38.6 Å². The van der Waals surface area contributed by atoms with Gasteiger partial charge in [0.2, 0.25) is 0 Å². The molecule has 118 valence electrons. The third-order valence-electron chi connectivity index (χ3n) is 3.90. The molecule has 1 unspecified atom stereocenters. The van der Waals surface area contributed by atoms with Crippen molar-refractivity contribution < 1.29 is 8.78 Å². The molecule has 21 heavy (non-hydrogen) atoms. The van der Waals surface area contributed by atoms with Crippen LogP contribution in [-0.4, -0.2) is 42.6 Å². The lowest BCUT2D eigenvalue weighted by Crippen LogP contribution is -2.41. The minimum Gasteiger partial charge on any atom is -0.368 e. The van der Waals surface area contributed by atoms with Gasteiger partial charge >= 0.3 is 0 Å². The molecular formula is C15H24F2N4. The second kappa shape index (κ2) is 7.54. The number of piperidine rings is 1. The van der Waals surface area contributed by atoms with Crippen LogP contribution in [0.2, 0.25) is 0 Å². The lowest BCUT2D eigenvalue weighted by atomic mass is 10.0. The number of hydrogen-bond donors (Lipinski definition) is 2. The van der Waals surface area contributed by atoms with Crippen LogP contribution in [0.1, 0.15) is 32.6 Å². The van der Waals surface area contributed by atoms with Crippen molar-refractivity contribution in [1.82, 2.24) is 9.88 Å². The monoisotopic (exact) mass is 298 g/mol. The van der Waals surface area contributed by atoms with Gasteiger partial charge in [0.1, 0.15) is 0 Å². The first-order valence-electron chi connectivity index (χ1n) is 7.65. The van der Waals surface area contributed by atoms with Gasteiger partial charge in [-0.1, -0.05) is 13.3 Å². The Kier molecular flexibility index (Phi) is 5.73. The van der Waals surface area contributed by atoms with Crippen LogP contribution in [0, 0.1) is 11.6 Å². The molecule has 0 aliphatic carbocycles. The molecule has 0 bridgehead atoms. The lowest BCUT2D eigenvalue weighted by Gasteiger charge is -2.32. The first kappa shape index (κ1) is 15.9. The molecule has 1 aliphatic heterocycles. The average Bonchev–Trinajstić information content (AvgIpc) is 2.47. The molecule has 0 saturated carbocycles. The number of hydrogen-bond acceptors (Lipinski definition) is 4. The maximum absolute atomic E-state index is 13.8. The molecule has 0 amide bonds. The van der Waals surface area contributed by atoms with Crippen molar-refractivity contribution in [3.63, 3.8) is 0 Å². The van der Waals surface area contributed by atoms with Crippen LogP contribution in [-0.2, 0) is 0 Å². The number of nitrogens with zero attached hydrogens (tertiary/aromatic N) is 2. The standard InChI is InChI=1S/C15H24F2N4/c1-3-7-18-14-12(16)9-13(17)15(20-14)19-10-11-6-4-5-8-21(11)2/h9,11H,3-8,10H2,1-2H3,(H2,18,19,20). The minimum absolute atomic E-state index is 0.109. The third kappa shape index (κ3) is 4.27. The second-order valence-corrected chi connectivity index (χ2v) is 5.59. The quantitative estimate of drug-likeness (QED) is 0.847. The number of pyridine rings is 1. The molecule has 1 aromatic heterocycles. The van der Waals surface area contributed by atoms with Crippen LogP contribution in [0.3, 0.4) is 0 Å². The fourth-order valence-corrected chi connectivity index (χ4v) is 2.57. The lowest BCUT2D eigenvalue weighted by molar-refractivity contribution is 0.194. The highest BCUT2D eigenvalue weighted by Gasteiger charge is 2.19. The number of likely N-dealkylation sites (tertiary alicyclic amines) is 1. The van der Waals surface area contributed by atoms with Crippen molar-refractivity contribution in [2.75, 3.05) is 37.3 Å². The Bertz CT molecular complexity index is 467. The summed E-state index contributed by atoms with van der Waals surface area (Å²) in [7, 11) is 2.08. The zero-order chi connectivity index (χ0) is 15.2. The van der Waals surface area contributed by atoms with E-state index < -0.39 is 11.6 Å². The van der Waals surface area contributed by atoms with E-state index in [9.17, 15) is 8.78 Å². The van der Waals surface area contributed by atoms with E-state index in [4.69, 9.17) is 0 Å². The summed E-state index contributed by atoms with van der Waals surface area (Å²) >= 11 is 0. The summed E-state index contributed by atoms with van der Waals surface area (Å²) in [4.78, 5) is 6.30. The van der Waals surface area contributed by atoms with Gasteiger partial charge in [-0.05, 0) is 32.9 Å². The van der Waals surface area contributed by atoms with E-state index in [0.29, 0.717) is 19.1 Å². The Morgan fingerprint density at radius 1 is 1.24 bits per heavy atom. The molecule has 2 N–H and O–H groups in total. The van der Waals surface area contributed by atoms with Crippen molar-refractivity contribution in [2.24, 2.45) is 0 Å². The Morgan fingerprint density at radius 2 is 1.95 bits per heavy atom. The molecule has 1 atom stereocenters. The third-order valence-corrected chi connectivity index (χ3v) is 3.90. The molecule has 2 heterocycles. The SMILES string of the molecule is CCCNc1nc(NCC2CCCCN2C)c(F)cc1F. The summed E-state index contributed by atoms with van der Waals surface area (Å²) in [6.45, 7) is 4.28. The fourth-order valence-electron chi connectivity index (χ4n) is 2.57. The molecule has 2 rings (SSSR count). The molecule has 4 nitrogen and oxygen atoms in total. The summed E-state index contributed by atoms with van der Waals surface area (Å²) in [5.74, 6) is -1.07. The smallest absolute Gasteiger partial charge is 0.168 e. The van der Waals surface area contributed by atoms with Gasteiger partial charge in [-0.15, -0.1) is 0 Å². The van der Waals surface area contributed by atoms with Crippen molar-refractivity contribution in [3.8, 4) is 0 Å². The van der Waals surface area contributed by atoms with Crippen LogP contribution in [0.15, 0.2) is 6.07 Å². The van der Waals surface area contributed by atoms with Gasteiger partial charge in [-0.2, -0.15) is 0 Å². The highest BCUT2D eigenvalue weighted by molar-refractivity contribution is 5.47. The average molecular weight is 298 g/mol. The number of halogens is 2. The van der Waals surface area contributed by atoms with E-state index >= 15 is 0 Å². The summed E-state index contributed by atoms with van der Waals surface area (Å²) in [5, 5.41) is 5.90. The van der Waals surface area contributed by atoms with Gasteiger partial charge in [0.15, 0.2) is 23.3 Å². The summed E-state index contributed by atoms with van der Waals surface area (Å²) in [6.07, 6.45) is 4.35. The Balaban J connectivity index is 2.01. The van der Waals surface area contributed by atoms with Gasteiger partial charge in [-0.25, -0.2) is 13.8 Å². The predicted octanol–water partition coefficient (Wildman–Crippen LogP) is 3.08. The van der Waals surface area contributed by atoms with E-state index in [1.54, 1.807) is 0 Å². The van der Waals surface area contributed by atoms with Crippen molar-refractivity contribution >= 4 is 11.6 Å². The van der Waals surface area contributed by atoms with Crippen molar-refractivity contribution in [1.29, 1.82) is 0 Å². The summed E-state index contributed by atoms with van der Waals surface area (Å²) in [6, 6.07) is 1.26. The molecule has 0 aromatic carbocycles. The predicted molar refractivity (Wildman–Crippen MR) is 81.7 cm³/mol. The molecule has 1 saturated heterocycles. The molecule has 0 spiro atoms. The summed E-state index contributed by atoms with van der Waals surface area (Å²) < 4.78 is 27.4. The number of rotatable bonds is 6. The second-order valence-electron chi connectivity index (χ2n) is 5.59. The molecular weight excluding hydrogens is 274 g/mol. The van der Waals surface area contributed by atoms with Crippen LogP contribution < -0.4 is 10.6 Å². The highest BCUT2D eigenvalue weighted by Crippen LogP contribution is 2.20. The highest BCUT2D eigenvalue weighted by atomic mass is 19.1. The summed E-state index contributed by atoms with van der Waals surface area (Å²) in [5.41, 5.74) is 0. The number of anilines is 2. The van der Waals surface area contributed by atoms with Gasteiger partial charge in [0.25, 0.3) is 0 Å². The first-order chi connectivity index (χ1) is 10.1. The number of likely N-dealkylation sites (N-methyl/N-ethyl adjacent to an activating group) is 1. The van der Waals surface area contributed by atoms with Crippen LogP contribution in [0.5, 0.6) is 0 Å². The van der Waals surface area contributed by atoms with E-state index in [1.165, 1.54) is 12.8 Å². The molecule has 1 fully saturated rings. The van der Waals surface area contributed by atoms with Gasteiger partial charge in [-0.3, -0.25) is 0 Å². The number of aromatic nitrogens is 1. The van der Waals surface area contributed by atoms with Crippen LogP contribution in [0.4, 0.5) is 20.4 Å². The zero-order valence-electron chi connectivity index (χ0n) is 12.8. The van der Waals surface area contributed by atoms with E-state index in [1.807, 2.05) is 6.92 Å². The Hall–Kier alpha value is -1.43. The van der Waals surface area contributed by atoms with Crippen molar-refractivity contribution in [3.05, 3.63) is 17.7 Å². The van der Waals surface area contributed by atoms with Gasteiger partial charge < -0.3 is 15.5 Å². The molecule has 6 heteroatoms. The van der Waals surface area contributed by atoms with Gasteiger partial charge in [0.05, 0.1) is 0 Å². The fraction of sp³-hybridized carbons (Fsp3) is 0.667. The topological polar surface area (TPSA) is 40.2 Å². The first-order valence-corrected chi connectivity index (χ1v) is 7.65. The van der Waals surface area contributed by atoms with Crippen LogP contribution >= 0.6 is 0 Å². The maximum Gasteiger partial charge on any atom is 0.168 e. The van der Waals surface area contributed by atoms with Gasteiger partial charge in [0, 0.05) is 25.2 Å². The minimum atomic E-state index is -0.652. The molecule has 0 radical (unpaired) electrons. The largest absolute Gasteiger partial charge is 0.368 e. The van der Waals surface area contributed by atoms with E-state index in [0.717, 1.165) is 25.5 Å².